The first-order chi connectivity index (χ1) is 16.1. The van der Waals surface area contributed by atoms with E-state index in [2.05, 4.69) is 5.32 Å². The summed E-state index contributed by atoms with van der Waals surface area (Å²) in [6.45, 7) is 1.50. The first kappa shape index (κ1) is 21.9. The zero-order chi connectivity index (χ0) is 22.8. The standard InChI is InChI=1S/C25H23N3O3S2/c29-23(26-14-19-9-6-12-31-19)16-27-15-17(20-10-4-5-11-21(20)27)13-22-24(30)28(25(32)33-22)18-7-2-1-3-8-18/h1-5,7-8,10-11,13,15,19H,6,9,12,14,16H2,(H,26,29)/b22-13-/t19-/m1/s1. The third kappa shape index (κ3) is 4.59. The number of hydrogen-bond donors (Lipinski definition) is 1. The number of para-hydroxylation sites is 2. The van der Waals surface area contributed by atoms with Crippen LogP contribution in [0.15, 0.2) is 65.7 Å². The van der Waals surface area contributed by atoms with Gasteiger partial charge in [-0.15, -0.1) is 0 Å². The number of nitrogens with zero attached hydrogens (tertiary/aromatic N) is 2. The lowest BCUT2D eigenvalue weighted by molar-refractivity contribution is -0.122. The number of amides is 2. The minimum atomic E-state index is -0.137. The number of thioether (sulfide) groups is 1. The van der Waals surface area contributed by atoms with Crippen LogP contribution in [0.1, 0.15) is 18.4 Å². The maximum absolute atomic E-state index is 13.1. The molecule has 2 aliphatic rings. The van der Waals surface area contributed by atoms with Crippen molar-refractivity contribution in [1.82, 2.24) is 9.88 Å². The summed E-state index contributed by atoms with van der Waals surface area (Å²) < 4.78 is 8.01. The van der Waals surface area contributed by atoms with Gasteiger partial charge in [-0.05, 0) is 37.1 Å². The first-order valence-corrected chi connectivity index (χ1v) is 12.1. The molecule has 0 spiro atoms. The summed E-state index contributed by atoms with van der Waals surface area (Å²) in [6.07, 6.45) is 5.93. The molecule has 2 fully saturated rings. The molecule has 6 nitrogen and oxygen atoms in total. The zero-order valence-electron chi connectivity index (χ0n) is 17.9. The third-order valence-electron chi connectivity index (χ3n) is 5.78. The van der Waals surface area contributed by atoms with Gasteiger partial charge in [0.2, 0.25) is 5.91 Å². The molecule has 2 aliphatic heterocycles. The van der Waals surface area contributed by atoms with Crippen molar-refractivity contribution in [3.8, 4) is 0 Å². The molecule has 2 aromatic carbocycles. The Morgan fingerprint density at radius 2 is 1.97 bits per heavy atom. The van der Waals surface area contributed by atoms with E-state index in [0.717, 1.165) is 41.6 Å². The van der Waals surface area contributed by atoms with E-state index in [0.29, 0.717) is 15.8 Å². The number of thiocarbonyl (C=S) groups is 1. The molecule has 1 atom stereocenters. The van der Waals surface area contributed by atoms with Gasteiger partial charge in [-0.2, -0.15) is 0 Å². The van der Waals surface area contributed by atoms with Crippen LogP contribution in [0.2, 0.25) is 0 Å². The van der Waals surface area contributed by atoms with E-state index in [1.54, 1.807) is 4.90 Å². The molecule has 0 unspecified atom stereocenters. The minimum Gasteiger partial charge on any atom is -0.376 e. The lowest BCUT2D eigenvalue weighted by Crippen LogP contribution is -2.34. The van der Waals surface area contributed by atoms with Gasteiger partial charge in [-0.1, -0.05) is 60.4 Å². The number of anilines is 1. The van der Waals surface area contributed by atoms with Crippen LogP contribution in [0, 0.1) is 0 Å². The zero-order valence-corrected chi connectivity index (χ0v) is 19.5. The molecular weight excluding hydrogens is 454 g/mol. The van der Waals surface area contributed by atoms with Crippen LogP contribution in [0.25, 0.3) is 17.0 Å². The Labute approximate surface area is 201 Å². The number of hydrogen-bond acceptors (Lipinski definition) is 5. The van der Waals surface area contributed by atoms with Crippen LogP contribution in [0.5, 0.6) is 0 Å². The second-order valence-electron chi connectivity index (χ2n) is 8.02. The largest absolute Gasteiger partial charge is 0.376 e. The minimum absolute atomic E-state index is 0.0618. The number of ether oxygens (including phenoxy) is 1. The van der Waals surface area contributed by atoms with Gasteiger partial charge in [0, 0.05) is 35.8 Å². The molecule has 0 saturated carbocycles. The highest BCUT2D eigenvalue weighted by Gasteiger charge is 2.33. The maximum atomic E-state index is 13.1. The van der Waals surface area contributed by atoms with E-state index < -0.39 is 0 Å². The van der Waals surface area contributed by atoms with Crippen molar-refractivity contribution >= 4 is 62.8 Å². The molecule has 1 aromatic heterocycles. The van der Waals surface area contributed by atoms with Crippen molar-refractivity contribution in [2.24, 2.45) is 0 Å². The molecule has 1 N–H and O–H groups in total. The smallest absolute Gasteiger partial charge is 0.270 e. The Kier molecular flexibility index (Phi) is 6.30. The molecule has 168 valence electrons. The molecular formula is C25H23N3O3S2. The first-order valence-electron chi connectivity index (χ1n) is 10.9. The van der Waals surface area contributed by atoms with Gasteiger partial charge < -0.3 is 14.6 Å². The van der Waals surface area contributed by atoms with Crippen LogP contribution in [0.4, 0.5) is 5.69 Å². The Bertz CT molecular complexity index is 1250. The van der Waals surface area contributed by atoms with Crippen molar-refractivity contribution in [2.75, 3.05) is 18.1 Å². The molecule has 2 amide bonds. The summed E-state index contributed by atoms with van der Waals surface area (Å²) in [5.41, 5.74) is 2.58. The average Bonchev–Trinajstić information content (AvgIpc) is 3.53. The van der Waals surface area contributed by atoms with Crippen molar-refractivity contribution in [3.63, 3.8) is 0 Å². The van der Waals surface area contributed by atoms with E-state index in [4.69, 9.17) is 17.0 Å². The van der Waals surface area contributed by atoms with Gasteiger partial charge in [0.1, 0.15) is 6.54 Å². The van der Waals surface area contributed by atoms with E-state index in [1.807, 2.05) is 71.4 Å². The van der Waals surface area contributed by atoms with Crippen molar-refractivity contribution < 1.29 is 14.3 Å². The number of rotatable bonds is 6. The summed E-state index contributed by atoms with van der Waals surface area (Å²) in [6, 6.07) is 17.3. The number of carbonyl (C=O) groups is 2. The van der Waals surface area contributed by atoms with Crippen molar-refractivity contribution in [1.29, 1.82) is 0 Å². The fourth-order valence-electron chi connectivity index (χ4n) is 4.17. The van der Waals surface area contributed by atoms with Crippen LogP contribution >= 0.6 is 24.0 Å². The average molecular weight is 478 g/mol. The topological polar surface area (TPSA) is 63.6 Å². The van der Waals surface area contributed by atoms with Gasteiger partial charge >= 0.3 is 0 Å². The number of fused-ring (bicyclic) bond motifs is 1. The van der Waals surface area contributed by atoms with Gasteiger partial charge in [0.15, 0.2) is 4.32 Å². The molecule has 3 heterocycles. The highest BCUT2D eigenvalue weighted by Crippen LogP contribution is 2.37. The maximum Gasteiger partial charge on any atom is 0.270 e. The van der Waals surface area contributed by atoms with E-state index >= 15 is 0 Å². The second-order valence-corrected chi connectivity index (χ2v) is 9.70. The molecule has 0 aliphatic carbocycles. The summed E-state index contributed by atoms with van der Waals surface area (Å²) >= 11 is 6.78. The molecule has 5 rings (SSSR count). The molecule has 0 bridgehead atoms. The SMILES string of the molecule is O=C(Cn1cc(/C=C2\SC(=S)N(c3ccccc3)C2=O)c2ccccc21)NC[C@H]1CCCO1. The quantitative estimate of drug-likeness (QED) is 0.423. The Hall–Kier alpha value is -2.94. The lowest BCUT2D eigenvalue weighted by atomic mass is 10.1. The van der Waals surface area contributed by atoms with Gasteiger partial charge in [0.25, 0.3) is 5.91 Å². The van der Waals surface area contributed by atoms with Crippen LogP contribution in [0.3, 0.4) is 0 Å². The Balaban J connectivity index is 1.39. The van der Waals surface area contributed by atoms with Crippen molar-refractivity contribution in [2.45, 2.75) is 25.5 Å². The Morgan fingerprint density at radius 3 is 2.76 bits per heavy atom. The summed E-state index contributed by atoms with van der Waals surface area (Å²) in [4.78, 5) is 27.8. The summed E-state index contributed by atoms with van der Waals surface area (Å²) in [5, 5.41) is 3.96. The highest BCUT2D eigenvalue weighted by molar-refractivity contribution is 8.27. The highest BCUT2D eigenvalue weighted by atomic mass is 32.2. The summed E-state index contributed by atoms with van der Waals surface area (Å²) in [7, 11) is 0. The third-order valence-corrected chi connectivity index (χ3v) is 7.08. The van der Waals surface area contributed by atoms with Crippen LogP contribution in [-0.2, 0) is 20.9 Å². The number of aromatic nitrogens is 1. The number of benzene rings is 2. The van der Waals surface area contributed by atoms with E-state index in [-0.39, 0.29) is 24.5 Å². The monoisotopic (exact) mass is 477 g/mol. The molecule has 33 heavy (non-hydrogen) atoms. The van der Waals surface area contributed by atoms with Gasteiger partial charge in [0.05, 0.1) is 16.7 Å². The lowest BCUT2D eigenvalue weighted by Gasteiger charge is -2.13. The Morgan fingerprint density at radius 1 is 1.18 bits per heavy atom. The second kappa shape index (κ2) is 9.51. The normalized spacial score (nSPS) is 19.7. The fourth-order valence-corrected chi connectivity index (χ4v) is 5.46. The predicted octanol–water partition coefficient (Wildman–Crippen LogP) is 4.34. The predicted molar refractivity (Wildman–Crippen MR) is 136 cm³/mol. The number of nitrogens with one attached hydrogen (secondary N) is 1. The molecule has 2 saturated heterocycles. The molecule has 3 aromatic rings. The van der Waals surface area contributed by atoms with Gasteiger partial charge in [-0.3, -0.25) is 14.5 Å². The number of carbonyl (C=O) groups excluding carboxylic acids is 2. The van der Waals surface area contributed by atoms with E-state index in [1.165, 1.54) is 11.8 Å². The fraction of sp³-hybridized carbons (Fsp3) is 0.240. The molecule has 0 radical (unpaired) electrons. The van der Waals surface area contributed by atoms with Crippen LogP contribution < -0.4 is 10.2 Å². The van der Waals surface area contributed by atoms with E-state index in [9.17, 15) is 9.59 Å². The summed E-state index contributed by atoms with van der Waals surface area (Å²) in [5.74, 6) is -0.199. The van der Waals surface area contributed by atoms with Gasteiger partial charge in [-0.25, -0.2) is 0 Å². The molecule has 8 heteroatoms. The van der Waals surface area contributed by atoms with Crippen molar-refractivity contribution in [3.05, 3.63) is 71.3 Å². The van der Waals surface area contributed by atoms with Crippen LogP contribution in [-0.4, -0.2) is 40.0 Å².